The van der Waals surface area contributed by atoms with Gasteiger partial charge in [0, 0.05) is 19.6 Å². The molecule has 1 aliphatic carbocycles. The number of amides is 2. The van der Waals surface area contributed by atoms with Crippen molar-refractivity contribution in [3.63, 3.8) is 0 Å². The summed E-state index contributed by atoms with van der Waals surface area (Å²) in [4.78, 5) is 27.5. The number of carbonyl (C=O) groups excluding carboxylic acids is 2. The zero-order valence-corrected chi connectivity index (χ0v) is 14.2. The van der Waals surface area contributed by atoms with E-state index in [1.807, 2.05) is 47.4 Å². The third-order valence-electron chi connectivity index (χ3n) is 5.31. The highest BCUT2D eigenvalue weighted by molar-refractivity contribution is 6.07. The molecule has 0 spiro atoms. The Morgan fingerprint density at radius 2 is 1.64 bits per heavy atom. The summed E-state index contributed by atoms with van der Waals surface area (Å²) < 4.78 is 0. The molecule has 4 rings (SSSR count). The molecule has 0 saturated heterocycles. The van der Waals surface area contributed by atoms with Crippen LogP contribution in [0.25, 0.3) is 0 Å². The lowest BCUT2D eigenvalue weighted by Gasteiger charge is -2.31. The van der Waals surface area contributed by atoms with E-state index in [9.17, 15) is 9.59 Å². The van der Waals surface area contributed by atoms with Crippen LogP contribution in [0, 0.1) is 5.41 Å². The Bertz CT molecular complexity index is 797. The highest BCUT2D eigenvalue weighted by atomic mass is 16.2. The molecule has 128 valence electrons. The van der Waals surface area contributed by atoms with Crippen LogP contribution in [0.4, 0.5) is 0 Å². The fourth-order valence-corrected chi connectivity index (χ4v) is 3.58. The molecule has 2 aliphatic rings. The molecule has 0 radical (unpaired) electrons. The molecule has 4 heteroatoms. The number of benzene rings is 2. The van der Waals surface area contributed by atoms with E-state index in [4.69, 9.17) is 0 Å². The summed E-state index contributed by atoms with van der Waals surface area (Å²) in [5.74, 6) is -0.132. The third-order valence-corrected chi connectivity index (χ3v) is 5.31. The van der Waals surface area contributed by atoms with Crippen LogP contribution >= 0.6 is 0 Å². The van der Waals surface area contributed by atoms with Gasteiger partial charge in [0.25, 0.3) is 0 Å². The predicted molar refractivity (Wildman–Crippen MR) is 95.5 cm³/mol. The molecule has 1 N–H and O–H groups in total. The maximum absolute atomic E-state index is 13.0. The minimum Gasteiger partial charge on any atom is -0.351 e. The molecule has 2 aromatic carbocycles. The predicted octanol–water partition coefficient (Wildman–Crippen LogP) is 2.67. The van der Waals surface area contributed by atoms with Crippen molar-refractivity contribution in [2.75, 3.05) is 6.54 Å². The lowest BCUT2D eigenvalue weighted by atomic mass is 9.97. The molecule has 0 atom stereocenters. The second kappa shape index (κ2) is 6.36. The number of hydrogen-bond donors (Lipinski definition) is 1. The number of carbonyl (C=O) groups is 2. The van der Waals surface area contributed by atoms with Gasteiger partial charge in [0.2, 0.25) is 11.8 Å². The molecule has 1 saturated carbocycles. The van der Waals surface area contributed by atoms with Gasteiger partial charge >= 0.3 is 0 Å². The number of nitrogens with zero attached hydrogens (tertiary/aromatic N) is 1. The standard InChI is InChI=1S/C21H22N2O2/c24-19(22-14-16-6-2-1-3-7-16)21(11-12-21)20(25)23-13-10-17-8-4-5-9-18(17)15-23/h1-9H,10-15H2,(H,22,24). The van der Waals surface area contributed by atoms with Gasteiger partial charge in [0.05, 0.1) is 0 Å². The van der Waals surface area contributed by atoms with Gasteiger partial charge in [-0.1, -0.05) is 54.6 Å². The van der Waals surface area contributed by atoms with Gasteiger partial charge in [-0.25, -0.2) is 0 Å². The van der Waals surface area contributed by atoms with Crippen LogP contribution in [-0.2, 0) is 29.1 Å². The Hall–Kier alpha value is -2.62. The van der Waals surface area contributed by atoms with Gasteiger partial charge in [0.15, 0.2) is 0 Å². The van der Waals surface area contributed by atoms with Gasteiger partial charge in [0.1, 0.15) is 5.41 Å². The van der Waals surface area contributed by atoms with Crippen molar-refractivity contribution in [3.05, 3.63) is 71.3 Å². The van der Waals surface area contributed by atoms with E-state index in [2.05, 4.69) is 17.4 Å². The van der Waals surface area contributed by atoms with Crippen molar-refractivity contribution in [1.29, 1.82) is 0 Å². The summed E-state index contributed by atoms with van der Waals surface area (Å²) in [5.41, 5.74) is 2.72. The minimum absolute atomic E-state index is 0.00688. The molecule has 4 nitrogen and oxygen atoms in total. The maximum atomic E-state index is 13.0. The molecule has 1 fully saturated rings. The second-order valence-electron chi connectivity index (χ2n) is 7.00. The normalized spacial score (nSPS) is 17.5. The number of fused-ring (bicyclic) bond motifs is 1. The first-order chi connectivity index (χ1) is 12.2. The van der Waals surface area contributed by atoms with Crippen molar-refractivity contribution >= 4 is 11.8 Å². The maximum Gasteiger partial charge on any atom is 0.238 e. The lowest BCUT2D eigenvalue weighted by Crippen LogP contribution is -2.46. The fourth-order valence-electron chi connectivity index (χ4n) is 3.58. The molecular weight excluding hydrogens is 312 g/mol. The van der Waals surface area contributed by atoms with Crippen LogP contribution in [0.5, 0.6) is 0 Å². The van der Waals surface area contributed by atoms with Crippen molar-refractivity contribution in [2.24, 2.45) is 5.41 Å². The molecule has 0 unspecified atom stereocenters. The monoisotopic (exact) mass is 334 g/mol. The van der Waals surface area contributed by atoms with Crippen LogP contribution in [0.15, 0.2) is 54.6 Å². The Kier molecular flexibility index (Phi) is 4.04. The molecule has 1 heterocycles. The topological polar surface area (TPSA) is 49.4 Å². The van der Waals surface area contributed by atoms with E-state index < -0.39 is 5.41 Å². The quantitative estimate of drug-likeness (QED) is 0.874. The summed E-state index contributed by atoms with van der Waals surface area (Å²) in [6.45, 7) is 1.78. The van der Waals surface area contributed by atoms with E-state index in [-0.39, 0.29) is 11.8 Å². The highest BCUT2D eigenvalue weighted by Gasteiger charge is 2.58. The minimum atomic E-state index is -0.832. The highest BCUT2D eigenvalue weighted by Crippen LogP contribution is 2.48. The Balaban J connectivity index is 1.42. The number of rotatable bonds is 4. The largest absolute Gasteiger partial charge is 0.351 e. The molecule has 1 aliphatic heterocycles. The average molecular weight is 334 g/mol. The zero-order chi connectivity index (χ0) is 17.3. The summed E-state index contributed by atoms with van der Waals surface area (Å²) >= 11 is 0. The Morgan fingerprint density at radius 3 is 2.36 bits per heavy atom. The fraction of sp³-hybridized carbons (Fsp3) is 0.333. The number of hydrogen-bond acceptors (Lipinski definition) is 2. The average Bonchev–Trinajstić information content (AvgIpc) is 3.48. The van der Waals surface area contributed by atoms with Crippen LogP contribution < -0.4 is 5.32 Å². The van der Waals surface area contributed by atoms with Gasteiger partial charge in [-0.3, -0.25) is 9.59 Å². The van der Waals surface area contributed by atoms with E-state index in [1.165, 1.54) is 11.1 Å². The van der Waals surface area contributed by atoms with Gasteiger partial charge in [-0.2, -0.15) is 0 Å². The van der Waals surface area contributed by atoms with Crippen molar-refractivity contribution in [3.8, 4) is 0 Å². The Labute approximate surface area is 147 Å². The van der Waals surface area contributed by atoms with Crippen LogP contribution in [0.2, 0.25) is 0 Å². The van der Waals surface area contributed by atoms with Crippen LogP contribution in [-0.4, -0.2) is 23.3 Å². The summed E-state index contributed by atoms with van der Waals surface area (Å²) in [6.07, 6.45) is 2.18. The van der Waals surface area contributed by atoms with E-state index in [0.29, 0.717) is 32.5 Å². The first-order valence-corrected chi connectivity index (χ1v) is 8.87. The summed E-state index contributed by atoms with van der Waals surface area (Å²) in [6, 6.07) is 18.0. The van der Waals surface area contributed by atoms with Gasteiger partial charge in [-0.05, 0) is 36.0 Å². The summed E-state index contributed by atoms with van der Waals surface area (Å²) in [7, 11) is 0. The van der Waals surface area contributed by atoms with E-state index in [0.717, 1.165) is 12.0 Å². The van der Waals surface area contributed by atoms with Gasteiger partial charge < -0.3 is 10.2 Å². The first-order valence-electron chi connectivity index (χ1n) is 8.87. The molecule has 0 bridgehead atoms. The SMILES string of the molecule is O=C(NCc1ccccc1)C1(C(=O)N2CCc3ccccc3C2)CC1. The van der Waals surface area contributed by atoms with Crippen LogP contribution in [0.1, 0.15) is 29.5 Å². The molecule has 2 aromatic rings. The lowest BCUT2D eigenvalue weighted by molar-refractivity contribution is -0.145. The molecule has 2 amide bonds. The summed E-state index contributed by atoms with van der Waals surface area (Å²) in [5, 5.41) is 2.95. The molecule has 0 aromatic heterocycles. The second-order valence-corrected chi connectivity index (χ2v) is 7.00. The molecular formula is C21H22N2O2. The van der Waals surface area contributed by atoms with Crippen LogP contribution in [0.3, 0.4) is 0 Å². The van der Waals surface area contributed by atoms with E-state index in [1.54, 1.807) is 0 Å². The number of nitrogens with one attached hydrogen (secondary N) is 1. The van der Waals surface area contributed by atoms with Crippen molar-refractivity contribution in [2.45, 2.75) is 32.4 Å². The molecule has 25 heavy (non-hydrogen) atoms. The zero-order valence-electron chi connectivity index (χ0n) is 14.2. The first kappa shape index (κ1) is 15.9. The smallest absolute Gasteiger partial charge is 0.238 e. The Morgan fingerprint density at radius 1 is 0.960 bits per heavy atom. The third kappa shape index (κ3) is 3.04. The van der Waals surface area contributed by atoms with Crippen molar-refractivity contribution < 1.29 is 9.59 Å². The van der Waals surface area contributed by atoms with Crippen molar-refractivity contribution in [1.82, 2.24) is 10.2 Å². The van der Waals surface area contributed by atoms with Gasteiger partial charge in [-0.15, -0.1) is 0 Å². The van der Waals surface area contributed by atoms with E-state index >= 15 is 0 Å².